The number of pyridine rings is 1. The number of aromatic nitrogens is 1. The van der Waals surface area contributed by atoms with Crippen LogP contribution in [0.4, 0.5) is 5.82 Å². The van der Waals surface area contributed by atoms with E-state index in [0.29, 0.717) is 0 Å². The second-order valence-electron chi connectivity index (χ2n) is 4.39. The van der Waals surface area contributed by atoms with Crippen LogP contribution < -0.4 is 10.5 Å². The van der Waals surface area contributed by atoms with Crippen LogP contribution in [0.1, 0.15) is 20.8 Å². The van der Waals surface area contributed by atoms with Crippen LogP contribution in [0.15, 0.2) is 17.2 Å². The number of hydrogen-bond acceptors (Lipinski definition) is 4. The van der Waals surface area contributed by atoms with Crippen molar-refractivity contribution < 1.29 is 8.42 Å². The molecule has 0 spiro atoms. The standard InChI is InChI=1S/C9H14ClN3O2S/c1-9(2,3)13-16(14,15)6-4-7(10)8(11)12-5-6/h4-5,13H,1-3H3,(H2,11,12). The molecule has 0 aromatic carbocycles. The Bertz CT molecular complexity index is 494. The van der Waals surface area contributed by atoms with Crippen molar-refractivity contribution in [2.45, 2.75) is 31.2 Å². The van der Waals surface area contributed by atoms with Gasteiger partial charge in [-0.05, 0) is 26.8 Å². The molecule has 1 heterocycles. The Morgan fingerprint density at radius 1 is 1.44 bits per heavy atom. The van der Waals surface area contributed by atoms with Crippen LogP contribution in [0.25, 0.3) is 0 Å². The molecule has 5 nitrogen and oxygen atoms in total. The lowest BCUT2D eigenvalue weighted by Crippen LogP contribution is -2.40. The zero-order chi connectivity index (χ0) is 12.6. The van der Waals surface area contributed by atoms with E-state index in [2.05, 4.69) is 9.71 Å². The van der Waals surface area contributed by atoms with E-state index in [0.717, 1.165) is 0 Å². The maximum Gasteiger partial charge on any atom is 0.242 e. The Morgan fingerprint density at radius 3 is 2.44 bits per heavy atom. The SMILES string of the molecule is CC(C)(C)NS(=O)(=O)c1cnc(N)c(Cl)c1. The Kier molecular flexibility index (Phi) is 3.47. The first kappa shape index (κ1) is 13.2. The fourth-order valence-corrected chi connectivity index (χ4v) is 2.66. The summed E-state index contributed by atoms with van der Waals surface area (Å²) < 4.78 is 26.2. The lowest BCUT2D eigenvalue weighted by atomic mass is 10.1. The first-order valence-electron chi connectivity index (χ1n) is 4.57. The molecule has 0 aliphatic carbocycles. The molecule has 1 aromatic heterocycles. The van der Waals surface area contributed by atoms with Gasteiger partial charge in [0.15, 0.2) is 0 Å². The maximum absolute atomic E-state index is 11.9. The van der Waals surface area contributed by atoms with Gasteiger partial charge in [0.1, 0.15) is 10.7 Å². The number of nitrogens with one attached hydrogen (secondary N) is 1. The highest BCUT2D eigenvalue weighted by atomic mass is 35.5. The smallest absolute Gasteiger partial charge is 0.242 e. The largest absolute Gasteiger partial charge is 0.382 e. The lowest BCUT2D eigenvalue weighted by Gasteiger charge is -2.20. The third-order valence-electron chi connectivity index (χ3n) is 1.60. The van der Waals surface area contributed by atoms with E-state index in [4.69, 9.17) is 17.3 Å². The number of sulfonamides is 1. The summed E-state index contributed by atoms with van der Waals surface area (Å²) in [6, 6.07) is 1.28. The molecular formula is C9H14ClN3O2S. The molecular weight excluding hydrogens is 250 g/mol. The molecule has 0 aliphatic rings. The van der Waals surface area contributed by atoms with Crippen LogP contribution in [-0.2, 0) is 10.0 Å². The van der Waals surface area contributed by atoms with Crippen LogP contribution in [0.5, 0.6) is 0 Å². The van der Waals surface area contributed by atoms with Crippen molar-refractivity contribution in [1.82, 2.24) is 9.71 Å². The van der Waals surface area contributed by atoms with E-state index in [-0.39, 0.29) is 15.7 Å². The van der Waals surface area contributed by atoms with Crippen LogP contribution >= 0.6 is 11.6 Å². The minimum Gasteiger partial charge on any atom is -0.382 e. The molecule has 1 rings (SSSR count). The lowest BCUT2D eigenvalue weighted by molar-refractivity contribution is 0.491. The summed E-state index contributed by atoms with van der Waals surface area (Å²) in [6.45, 7) is 5.24. The first-order chi connectivity index (χ1) is 7.12. The summed E-state index contributed by atoms with van der Waals surface area (Å²) in [5, 5.41) is 0.122. The van der Waals surface area contributed by atoms with E-state index in [1.165, 1.54) is 12.3 Å². The monoisotopic (exact) mass is 263 g/mol. The minimum atomic E-state index is -3.61. The molecule has 0 aliphatic heterocycles. The number of nitrogens with two attached hydrogens (primary N) is 1. The highest BCUT2D eigenvalue weighted by Gasteiger charge is 2.22. The van der Waals surface area contributed by atoms with Crippen molar-refractivity contribution >= 4 is 27.4 Å². The van der Waals surface area contributed by atoms with Crippen LogP contribution in [0, 0.1) is 0 Å². The van der Waals surface area contributed by atoms with Gasteiger partial charge in [-0.25, -0.2) is 18.1 Å². The normalized spacial score (nSPS) is 12.8. The highest BCUT2D eigenvalue weighted by Crippen LogP contribution is 2.20. The number of hydrogen-bond donors (Lipinski definition) is 2. The van der Waals surface area contributed by atoms with Gasteiger partial charge in [0.2, 0.25) is 10.0 Å². The Labute approximate surface area is 100 Å². The molecule has 3 N–H and O–H groups in total. The van der Waals surface area contributed by atoms with E-state index in [1.807, 2.05) is 0 Å². The molecule has 0 unspecified atom stereocenters. The minimum absolute atomic E-state index is 0.00150. The predicted octanol–water partition coefficient (Wildman–Crippen LogP) is 1.39. The van der Waals surface area contributed by atoms with Crippen molar-refractivity contribution in [3.63, 3.8) is 0 Å². The molecule has 0 fully saturated rings. The zero-order valence-corrected chi connectivity index (χ0v) is 10.9. The average Bonchev–Trinajstić information content (AvgIpc) is 2.05. The zero-order valence-electron chi connectivity index (χ0n) is 9.28. The Morgan fingerprint density at radius 2 is 2.00 bits per heavy atom. The molecule has 16 heavy (non-hydrogen) atoms. The van der Waals surface area contributed by atoms with E-state index >= 15 is 0 Å². The van der Waals surface area contributed by atoms with E-state index in [9.17, 15) is 8.42 Å². The summed E-state index contributed by atoms with van der Waals surface area (Å²) in [5.74, 6) is 0.108. The molecule has 90 valence electrons. The van der Waals surface area contributed by atoms with Gasteiger partial charge in [0, 0.05) is 11.7 Å². The Balaban J connectivity index is 3.13. The number of halogens is 1. The van der Waals surface area contributed by atoms with Crippen LogP contribution in [0.3, 0.4) is 0 Å². The number of nitrogen functional groups attached to an aromatic ring is 1. The average molecular weight is 264 g/mol. The van der Waals surface area contributed by atoms with Crippen molar-refractivity contribution in [1.29, 1.82) is 0 Å². The van der Waals surface area contributed by atoms with Crippen molar-refractivity contribution in [3.05, 3.63) is 17.3 Å². The maximum atomic E-state index is 11.9. The predicted molar refractivity (Wildman–Crippen MR) is 63.7 cm³/mol. The molecule has 0 amide bonds. The van der Waals surface area contributed by atoms with Crippen molar-refractivity contribution in [2.75, 3.05) is 5.73 Å². The summed E-state index contributed by atoms with van der Waals surface area (Å²) >= 11 is 5.71. The number of nitrogens with zero attached hydrogens (tertiary/aromatic N) is 1. The summed E-state index contributed by atoms with van der Waals surface area (Å²) in [5.41, 5.74) is 4.84. The fourth-order valence-electron chi connectivity index (χ4n) is 1.04. The third-order valence-corrected chi connectivity index (χ3v) is 3.62. The van der Waals surface area contributed by atoms with Gasteiger partial charge in [-0.3, -0.25) is 0 Å². The molecule has 0 bridgehead atoms. The van der Waals surface area contributed by atoms with E-state index < -0.39 is 15.6 Å². The van der Waals surface area contributed by atoms with Gasteiger partial charge in [-0.1, -0.05) is 11.6 Å². The topological polar surface area (TPSA) is 85.1 Å². The molecule has 0 radical (unpaired) electrons. The van der Waals surface area contributed by atoms with E-state index in [1.54, 1.807) is 20.8 Å². The van der Waals surface area contributed by atoms with Gasteiger partial charge in [-0.15, -0.1) is 0 Å². The Hall–Kier alpha value is -0.850. The molecule has 7 heteroatoms. The number of anilines is 1. The second kappa shape index (κ2) is 4.20. The fraction of sp³-hybridized carbons (Fsp3) is 0.444. The van der Waals surface area contributed by atoms with Gasteiger partial charge < -0.3 is 5.73 Å². The third kappa shape index (κ3) is 3.33. The summed E-state index contributed by atoms with van der Waals surface area (Å²) in [6.07, 6.45) is 1.18. The molecule has 0 saturated heterocycles. The second-order valence-corrected chi connectivity index (χ2v) is 6.48. The molecule has 1 aromatic rings. The quantitative estimate of drug-likeness (QED) is 0.844. The first-order valence-corrected chi connectivity index (χ1v) is 6.43. The highest BCUT2D eigenvalue weighted by molar-refractivity contribution is 7.89. The van der Waals surface area contributed by atoms with Gasteiger partial charge in [-0.2, -0.15) is 0 Å². The molecule has 0 atom stereocenters. The van der Waals surface area contributed by atoms with Crippen molar-refractivity contribution in [3.8, 4) is 0 Å². The number of rotatable bonds is 2. The molecule has 0 saturated carbocycles. The summed E-state index contributed by atoms with van der Waals surface area (Å²) in [4.78, 5) is 3.70. The van der Waals surface area contributed by atoms with Gasteiger partial charge >= 0.3 is 0 Å². The van der Waals surface area contributed by atoms with Gasteiger partial charge in [0.25, 0.3) is 0 Å². The van der Waals surface area contributed by atoms with Crippen LogP contribution in [-0.4, -0.2) is 18.9 Å². The summed E-state index contributed by atoms with van der Waals surface area (Å²) in [7, 11) is -3.61. The van der Waals surface area contributed by atoms with Crippen LogP contribution in [0.2, 0.25) is 5.02 Å². The van der Waals surface area contributed by atoms with Crippen molar-refractivity contribution in [2.24, 2.45) is 0 Å². The van der Waals surface area contributed by atoms with Gasteiger partial charge in [0.05, 0.1) is 5.02 Å².